The van der Waals surface area contributed by atoms with Gasteiger partial charge in [-0.2, -0.15) is 13.2 Å². The molecule has 0 aliphatic carbocycles. The molecule has 3 heterocycles. The van der Waals surface area contributed by atoms with Crippen molar-refractivity contribution in [2.45, 2.75) is 31.5 Å². The van der Waals surface area contributed by atoms with E-state index in [1.54, 1.807) is 12.3 Å². The smallest absolute Gasteiger partial charge is 0.433 e. The van der Waals surface area contributed by atoms with Crippen LogP contribution in [0.3, 0.4) is 0 Å². The zero-order valence-corrected chi connectivity index (χ0v) is 19.8. The van der Waals surface area contributed by atoms with Crippen molar-refractivity contribution in [3.05, 3.63) is 72.2 Å². The van der Waals surface area contributed by atoms with Gasteiger partial charge in [-0.15, -0.1) is 0 Å². The summed E-state index contributed by atoms with van der Waals surface area (Å²) in [6.07, 6.45) is -0.509. The Hall–Kier alpha value is -3.50. The van der Waals surface area contributed by atoms with Crippen molar-refractivity contribution < 1.29 is 27.8 Å². The fourth-order valence-electron chi connectivity index (χ4n) is 4.15. The van der Waals surface area contributed by atoms with Crippen molar-refractivity contribution in [3.8, 4) is 11.1 Å². The number of esters is 1. The molecule has 10 heteroatoms. The Morgan fingerprint density at radius 3 is 2.28 bits per heavy atom. The number of hydrogen-bond acceptors (Lipinski definition) is 7. The second-order valence-corrected chi connectivity index (χ2v) is 8.78. The third kappa shape index (κ3) is 6.38. The van der Waals surface area contributed by atoms with Crippen LogP contribution in [0.4, 0.5) is 24.7 Å². The average molecular weight is 501 g/mol. The fourth-order valence-corrected chi connectivity index (χ4v) is 4.15. The number of rotatable bonds is 7. The van der Waals surface area contributed by atoms with Crippen LogP contribution in [0.5, 0.6) is 0 Å². The second-order valence-electron chi connectivity index (χ2n) is 8.78. The first-order valence-corrected chi connectivity index (χ1v) is 11.6. The summed E-state index contributed by atoms with van der Waals surface area (Å²) in [4.78, 5) is 20.9. The van der Waals surface area contributed by atoms with Crippen LogP contribution in [0.15, 0.2) is 60.9 Å². The lowest BCUT2D eigenvalue weighted by Crippen LogP contribution is -2.43. The Labute approximate surface area is 207 Å². The Kier molecular flexibility index (Phi) is 7.56. The van der Waals surface area contributed by atoms with E-state index in [2.05, 4.69) is 20.2 Å². The quantitative estimate of drug-likeness (QED) is 0.453. The first kappa shape index (κ1) is 25.6. The SMILES string of the molecule is CC(=O)OCCN1CCC(O)(c2ccc(-c3ccc(Nc4ccc(C(F)(F)F)nc4)nc3)cc2)CC1. The summed E-state index contributed by atoms with van der Waals surface area (Å²) in [6, 6.07) is 13.5. The highest BCUT2D eigenvalue weighted by molar-refractivity contribution is 5.66. The number of carbonyl (C=O) groups is 1. The molecule has 2 N–H and O–H groups in total. The Morgan fingerprint density at radius 1 is 1.03 bits per heavy atom. The number of aromatic nitrogens is 2. The molecular weight excluding hydrogens is 473 g/mol. The summed E-state index contributed by atoms with van der Waals surface area (Å²) in [7, 11) is 0. The van der Waals surface area contributed by atoms with Crippen LogP contribution in [0.25, 0.3) is 11.1 Å². The number of piperidine rings is 1. The topological polar surface area (TPSA) is 87.6 Å². The van der Waals surface area contributed by atoms with Gasteiger partial charge in [0.2, 0.25) is 0 Å². The molecule has 0 unspecified atom stereocenters. The van der Waals surface area contributed by atoms with Gasteiger partial charge in [0, 0.05) is 38.3 Å². The van der Waals surface area contributed by atoms with Crippen molar-refractivity contribution in [2.24, 2.45) is 0 Å². The van der Waals surface area contributed by atoms with Gasteiger partial charge >= 0.3 is 12.1 Å². The number of benzene rings is 1. The highest BCUT2D eigenvalue weighted by Crippen LogP contribution is 2.34. The van der Waals surface area contributed by atoms with Gasteiger partial charge in [-0.05, 0) is 48.2 Å². The molecule has 0 saturated carbocycles. The first-order valence-electron chi connectivity index (χ1n) is 11.6. The standard InChI is InChI=1S/C26H27F3N4O3/c1-18(34)36-15-14-33-12-10-25(35,11-13-33)21-5-2-19(3-6-21)20-4-9-24(31-16-20)32-22-7-8-23(30-17-22)26(27,28)29/h2-9,16-17,35H,10-15H2,1H3,(H,31,32). The molecule has 1 aliphatic rings. The van der Waals surface area contributed by atoms with E-state index in [-0.39, 0.29) is 5.97 Å². The molecule has 1 fully saturated rings. The summed E-state index contributed by atoms with van der Waals surface area (Å²) < 4.78 is 43.0. The molecule has 0 atom stereocenters. The lowest BCUT2D eigenvalue weighted by molar-refractivity contribution is -0.142. The lowest BCUT2D eigenvalue weighted by atomic mass is 9.84. The zero-order chi connectivity index (χ0) is 25.8. The maximum absolute atomic E-state index is 12.7. The average Bonchev–Trinajstić information content (AvgIpc) is 2.86. The molecule has 4 rings (SSSR count). The number of hydrogen-bond donors (Lipinski definition) is 2. The van der Waals surface area contributed by atoms with Gasteiger partial charge in [-0.3, -0.25) is 9.69 Å². The number of likely N-dealkylation sites (tertiary alicyclic amines) is 1. The Morgan fingerprint density at radius 2 is 1.72 bits per heavy atom. The summed E-state index contributed by atoms with van der Waals surface area (Å²) in [6.45, 7) is 3.83. The van der Waals surface area contributed by atoms with Crippen LogP contribution >= 0.6 is 0 Å². The van der Waals surface area contributed by atoms with Crippen molar-refractivity contribution in [1.29, 1.82) is 0 Å². The molecule has 0 bridgehead atoms. The highest BCUT2D eigenvalue weighted by atomic mass is 19.4. The largest absolute Gasteiger partial charge is 0.465 e. The predicted molar refractivity (Wildman–Crippen MR) is 128 cm³/mol. The molecule has 36 heavy (non-hydrogen) atoms. The van der Waals surface area contributed by atoms with Crippen molar-refractivity contribution >= 4 is 17.5 Å². The first-order chi connectivity index (χ1) is 17.1. The van der Waals surface area contributed by atoms with Crippen LogP contribution in [-0.4, -0.2) is 52.2 Å². The van der Waals surface area contributed by atoms with E-state index in [4.69, 9.17) is 4.74 Å². The van der Waals surface area contributed by atoms with E-state index >= 15 is 0 Å². The minimum absolute atomic E-state index is 0.291. The number of halogens is 3. The maximum Gasteiger partial charge on any atom is 0.433 e. The van der Waals surface area contributed by atoms with Gasteiger partial charge in [0.15, 0.2) is 0 Å². The number of nitrogens with one attached hydrogen (secondary N) is 1. The highest BCUT2D eigenvalue weighted by Gasteiger charge is 2.34. The van der Waals surface area contributed by atoms with E-state index in [0.29, 0.717) is 50.6 Å². The fraction of sp³-hybridized carbons (Fsp3) is 0.346. The summed E-state index contributed by atoms with van der Waals surface area (Å²) in [5.74, 6) is 0.188. The molecule has 190 valence electrons. The van der Waals surface area contributed by atoms with Crippen molar-refractivity contribution in [1.82, 2.24) is 14.9 Å². The second kappa shape index (κ2) is 10.6. The van der Waals surface area contributed by atoms with Gasteiger partial charge in [0.05, 0.1) is 17.5 Å². The molecule has 1 aliphatic heterocycles. The van der Waals surface area contributed by atoms with Crippen LogP contribution in [-0.2, 0) is 21.3 Å². The number of nitrogens with zero attached hydrogens (tertiary/aromatic N) is 3. The van der Waals surface area contributed by atoms with Gasteiger partial charge in [-0.1, -0.05) is 24.3 Å². The maximum atomic E-state index is 12.7. The number of carbonyl (C=O) groups excluding carboxylic acids is 1. The minimum Gasteiger partial charge on any atom is -0.465 e. The minimum atomic E-state index is -4.48. The normalized spacial score (nSPS) is 15.9. The van der Waals surface area contributed by atoms with Crippen molar-refractivity contribution in [2.75, 3.05) is 31.6 Å². The van der Waals surface area contributed by atoms with Crippen LogP contribution in [0.2, 0.25) is 0 Å². The van der Waals surface area contributed by atoms with Crippen LogP contribution in [0.1, 0.15) is 31.0 Å². The molecule has 2 aromatic heterocycles. The van der Waals surface area contributed by atoms with Gasteiger partial charge in [0.1, 0.15) is 18.1 Å². The third-order valence-corrected chi connectivity index (χ3v) is 6.24. The predicted octanol–water partition coefficient (Wildman–Crippen LogP) is 4.75. The number of aliphatic hydroxyl groups is 1. The third-order valence-electron chi connectivity index (χ3n) is 6.24. The van der Waals surface area contributed by atoms with Crippen LogP contribution < -0.4 is 5.32 Å². The van der Waals surface area contributed by atoms with Gasteiger partial charge in [-0.25, -0.2) is 9.97 Å². The summed E-state index contributed by atoms with van der Waals surface area (Å²) in [5, 5.41) is 14.1. The number of pyridine rings is 2. The number of alkyl halides is 3. The molecular formula is C26H27F3N4O3. The summed E-state index contributed by atoms with van der Waals surface area (Å²) >= 11 is 0. The molecule has 0 amide bonds. The molecule has 0 spiro atoms. The molecule has 7 nitrogen and oxygen atoms in total. The number of anilines is 2. The van der Waals surface area contributed by atoms with E-state index in [1.807, 2.05) is 30.3 Å². The summed E-state index contributed by atoms with van der Waals surface area (Å²) in [5.41, 5.74) is 1.19. The molecule has 3 aromatic rings. The number of ether oxygens (including phenoxy) is 1. The van der Waals surface area contributed by atoms with E-state index in [1.165, 1.54) is 13.0 Å². The Balaban J connectivity index is 1.34. The van der Waals surface area contributed by atoms with E-state index in [9.17, 15) is 23.1 Å². The van der Waals surface area contributed by atoms with Crippen LogP contribution in [0, 0.1) is 0 Å². The Bertz CT molecular complexity index is 1160. The van der Waals surface area contributed by atoms with E-state index < -0.39 is 17.5 Å². The monoisotopic (exact) mass is 500 g/mol. The van der Waals surface area contributed by atoms with Crippen molar-refractivity contribution in [3.63, 3.8) is 0 Å². The molecule has 1 saturated heterocycles. The zero-order valence-electron chi connectivity index (χ0n) is 19.8. The molecule has 1 aromatic carbocycles. The van der Waals surface area contributed by atoms with E-state index in [0.717, 1.165) is 29.0 Å². The van der Waals surface area contributed by atoms with Gasteiger partial charge in [0.25, 0.3) is 0 Å². The van der Waals surface area contributed by atoms with Gasteiger partial charge < -0.3 is 15.2 Å². The molecule has 0 radical (unpaired) electrons. The lowest BCUT2D eigenvalue weighted by Gasteiger charge is -2.38.